The standard InChI is InChI=1S/C24H23F3N4S/c1-3-21-30-22(19-13-15(2)32-23(19)31-21)28-12-4-5-16-6-8-17(9-7-16)18-10-11-20(29-14-18)24(25,26)27/h6-11,13-14H,3-5,12H2,1-2H3,(H,28,30,31). The Morgan fingerprint density at radius 2 is 1.75 bits per heavy atom. The summed E-state index contributed by atoms with van der Waals surface area (Å²) in [6.07, 6.45) is -0.551. The van der Waals surface area contributed by atoms with E-state index in [2.05, 4.69) is 40.2 Å². The lowest BCUT2D eigenvalue weighted by Gasteiger charge is -2.09. The Bertz CT molecular complexity index is 1200. The highest BCUT2D eigenvalue weighted by Gasteiger charge is 2.32. The zero-order chi connectivity index (χ0) is 22.7. The fourth-order valence-corrected chi connectivity index (χ4v) is 4.37. The summed E-state index contributed by atoms with van der Waals surface area (Å²) >= 11 is 1.68. The van der Waals surface area contributed by atoms with Gasteiger partial charge in [0.15, 0.2) is 0 Å². The molecule has 3 aromatic heterocycles. The summed E-state index contributed by atoms with van der Waals surface area (Å²) in [5.41, 5.74) is 1.80. The molecule has 8 heteroatoms. The maximum absolute atomic E-state index is 12.7. The van der Waals surface area contributed by atoms with E-state index in [4.69, 9.17) is 0 Å². The molecular weight excluding hydrogens is 433 g/mol. The monoisotopic (exact) mass is 456 g/mol. The van der Waals surface area contributed by atoms with Crippen molar-refractivity contribution in [3.8, 4) is 11.1 Å². The van der Waals surface area contributed by atoms with Crippen LogP contribution < -0.4 is 5.32 Å². The van der Waals surface area contributed by atoms with Gasteiger partial charge in [-0.15, -0.1) is 11.3 Å². The number of fused-ring (bicyclic) bond motifs is 1. The van der Waals surface area contributed by atoms with Crippen molar-refractivity contribution >= 4 is 27.4 Å². The molecule has 0 saturated heterocycles. The topological polar surface area (TPSA) is 50.7 Å². The lowest BCUT2D eigenvalue weighted by atomic mass is 10.0. The Morgan fingerprint density at radius 3 is 2.41 bits per heavy atom. The molecule has 0 aliphatic carbocycles. The first-order valence-electron chi connectivity index (χ1n) is 10.5. The van der Waals surface area contributed by atoms with Crippen molar-refractivity contribution < 1.29 is 13.2 Å². The molecule has 0 unspecified atom stereocenters. The van der Waals surface area contributed by atoms with Crippen LogP contribution in [0.4, 0.5) is 19.0 Å². The van der Waals surface area contributed by atoms with E-state index in [0.717, 1.165) is 59.3 Å². The molecule has 1 aromatic carbocycles. The highest BCUT2D eigenvalue weighted by Crippen LogP contribution is 2.30. The number of anilines is 1. The van der Waals surface area contributed by atoms with Crippen LogP contribution in [0.5, 0.6) is 0 Å². The second-order valence-corrected chi connectivity index (χ2v) is 8.81. The van der Waals surface area contributed by atoms with Gasteiger partial charge in [-0.25, -0.2) is 9.97 Å². The van der Waals surface area contributed by atoms with E-state index >= 15 is 0 Å². The van der Waals surface area contributed by atoms with Crippen molar-refractivity contribution in [2.75, 3.05) is 11.9 Å². The van der Waals surface area contributed by atoms with E-state index in [9.17, 15) is 13.2 Å². The van der Waals surface area contributed by atoms with Crippen molar-refractivity contribution in [3.05, 3.63) is 70.6 Å². The lowest BCUT2D eigenvalue weighted by molar-refractivity contribution is -0.141. The Labute approximate surface area is 188 Å². The van der Waals surface area contributed by atoms with Crippen LogP contribution >= 0.6 is 11.3 Å². The molecular formula is C24H23F3N4S. The number of halogens is 3. The number of aryl methyl sites for hydroxylation is 3. The Balaban J connectivity index is 1.35. The van der Waals surface area contributed by atoms with E-state index in [-0.39, 0.29) is 0 Å². The maximum Gasteiger partial charge on any atom is 0.433 e. The second kappa shape index (κ2) is 9.24. The number of hydrogen-bond acceptors (Lipinski definition) is 5. The number of nitrogens with zero attached hydrogens (tertiary/aromatic N) is 3. The van der Waals surface area contributed by atoms with Crippen molar-refractivity contribution in [1.82, 2.24) is 15.0 Å². The molecule has 4 nitrogen and oxygen atoms in total. The molecule has 4 aromatic rings. The van der Waals surface area contributed by atoms with Gasteiger partial charge in [0, 0.05) is 29.6 Å². The Kier molecular flexibility index (Phi) is 6.41. The van der Waals surface area contributed by atoms with Crippen molar-refractivity contribution in [2.45, 2.75) is 39.3 Å². The summed E-state index contributed by atoms with van der Waals surface area (Å²) in [4.78, 5) is 15.0. The molecule has 3 heterocycles. The number of rotatable bonds is 7. The van der Waals surface area contributed by atoms with Gasteiger partial charge in [-0.3, -0.25) is 4.98 Å². The summed E-state index contributed by atoms with van der Waals surface area (Å²) in [6, 6.07) is 12.4. The van der Waals surface area contributed by atoms with Gasteiger partial charge in [0.25, 0.3) is 0 Å². The van der Waals surface area contributed by atoms with Crippen molar-refractivity contribution in [1.29, 1.82) is 0 Å². The quantitative estimate of drug-likeness (QED) is 0.315. The number of alkyl halides is 3. The number of hydrogen-bond donors (Lipinski definition) is 1. The van der Waals surface area contributed by atoms with E-state index in [1.54, 1.807) is 11.3 Å². The molecule has 0 fully saturated rings. The van der Waals surface area contributed by atoms with Crippen LogP contribution in [-0.4, -0.2) is 21.5 Å². The molecule has 0 radical (unpaired) electrons. The van der Waals surface area contributed by atoms with Crippen LogP contribution in [0.25, 0.3) is 21.3 Å². The van der Waals surface area contributed by atoms with Gasteiger partial charge in [0.1, 0.15) is 22.2 Å². The van der Waals surface area contributed by atoms with E-state index in [0.29, 0.717) is 5.56 Å². The molecule has 166 valence electrons. The van der Waals surface area contributed by atoms with Gasteiger partial charge in [-0.2, -0.15) is 13.2 Å². The predicted octanol–water partition coefficient (Wildman–Crippen LogP) is 6.69. The molecule has 0 atom stereocenters. The number of nitrogens with one attached hydrogen (secondary N) is 1. The molecule has 0 bridgehead atoms. The smallest absolute Gasteiger partial charge is 0.369 e. The minimum atomic E-state index is -4.42. The van der Waals surface area contributed by atoms with Crippen LogP contribution in [0.3, 0.4) is 0 Å². The molecule has 0 spiro atoms. The van der Waals surface area contributed by atoms with E-state index < -0.39 is 11.9 Å². The van der Waals surface area contributed by atoms with Gasteiger partial charge in [-0.05, 0) is 43.0 Å². The first-order chi connectivity index (χ1) is 15.3. The molecule has 4 rings (SSSR count). The molecule has 0 aliphatic rings. The fourth-order valence-electron chi connectivity index (χ4n) is 3.47. The predicted molar refractivity (Wildman–Crippen MR) is 123 cm³/mol. The van der Waals surface area contributed by atoms with Gasteiger partial charge in [-0.1, -0.05) is 37.3 Å². The zero-order valence-corrected chi connectivity index (χ0v) is 18.6. The summed E-state index contributed by atoms with van der Waals surface area (Å²) < 4.78 is 38.0. The van der Waals surface area contributed by atoms with Gasteiger partial charge >= 0.3 is 6.18 Å². The van der Waals surface area contributed by atoms with Crippen LogP contribution in [0, 0.1) is 6.92 Å². The largest absolute Gasteiger partial charge is 0.433 e. The molecule has 0 saturated carbocycles. The number of pyridine rings is 1. The highest BCUT2D eigenvalue weighted by molar-refractivity contribution is 7.18. The van der Waals surface area contributed by atoms with E-state index in [1.165, 1.54) is 22.7 Å². The van der Waals surface area contributed by atoms with Crippen LogP contribution in [-0.2, 0) is 19.0 Å². The molecule has 32 heavy (non-hydrogen) atoms. The third kappa shape index (κ3) is 5.07. The van der Waals surface area contributed by atoms with Crippen LogP contribution in [0.2, 0.25) is 0 Å². The van der Waals surface area contributed by atoms with Crippen LogP contribution in [0.1, 0.15) is 35.3 Å². The highest BCUT2D eigenvalue weighted by atomic mass is 32.1. The third-order valence-corrected chi connectivity index (χ3v) is 6.10. The van der Waals surface area contributed by atoms with Crippen molar-refractivity contribution in [2.24, 2.45) is 0 Å². The zero-order valence-electron chi connectivity index (χ0n) is 17.8. The second-order valence-electron chi connectivity index (χ2n) is 7.57. The fraction of sp³-hybridized carbons (Fsp3) is 0.292. The van der Waals surface area contributed by atoms with Gasteiger partial charge < -0.3 is 5.32 Å². The average molecular weight is 457 g/mol. The summed E-state index contributed by atoms with van der Waals surface area (Å²) in [5.74, 6) is 1.73. The van der Waals surface area contributed by atoms with Gasteiger partial charge in [0.05, 0.1) is 5.39 Å². The number of aromatic nitrogens is 3. The molecule has 0 amide bonds. The SMILES string of the molecule is CCc1nc(NCCCc2ccc(-c3ccc(C(F)(F)F)nc3)cc2)c2cc(C)sc2n1. The lowest BCUT2D eigenvalue weighted by Crippen LogP contribution is -2.07. The summed E-state index contributed by atoms with van der Waals surface area (Å²) in [6.45, 7) is 4.91. The van der Waals surface area contributed by atoms with Crippen molar-refractivity contribution in [3.63, 3.8) is 0 Å². The minimum Gasteiger partial charge on any atom is -0.369 e. The summed E-state index contributed by atoms with van der Waals surface area (Å²) in [7, 11) is 0. The average Bonchev–Trinajstić information content (AvgIpc) is 3.16. The number of benzene rings is 1. The third-order valence-electron chi connectivity index (χ3n) is 5.15. The normalized spacial score (nSPS) is 11.8. The summed E-state index contributed by atoms with van der Waals surface area (Å²) in [5, 5.41) is 4.52. The van der Waals surface area contributed by atoms with E-state index in [1.807, 2.05) is 24.3 Å². The maximum atomic E-state index is 12.7. The first kappa shape index (κ1) is 22.2. The molecule has 1 N–H and O–H groups in total. The molecule has 0 aliphatic heterocycles. The first-order valence-corrected chi connectivity index (χ1v) is 11.3. The van der Waals surface area contributed by atoms with Gasteiger partial charge in [0.2, 0.25) is 0 Å². The minimum absolute atomic E-state index is 0.664. The number of thiophene rings is 1. The van der Waals surface area contributed by atoms with Crippen LogP contribution in [0.15, 0.2) is 48.7 Å². The Morgan fingerprint density at radius 1 is 1.00 bits per heavy atom. The Hall–Kier alpha value is -3.00.